The van der Waals surface area contributed by atoms with Crippen molar-refractivity contribution < 1.29 is 14.5 Å². The molecule has 0 atom stereocenters. The first-order chi connectivity index (χ1) is 16.0. The first kappa shape index (κ1) is 22.5. The number of hydrogen-bond acceptors (Lipinski definition) is 9. The van der Waals surface area contributed by atoms with E-state index < -0.39 is 4.92 Å². The Morgan fingerprint density at radius 3 is 2.39 bits per heavy atom. The van der Waals surface area contributed by atoms with E-state index in [0.29, 0.717) is 18.9 Å². The van der Waals surface area contributed by atoms with Gasteiger partial charge in [0.1, 0.15) is 6.20 Å². The first-order valence-corrected chi connectivity index (χ1v) is 11.1. The Bertz CT molecular complexity index is 1130. The maximum absolute atomic E-state index is 11.5. The second-order valence-corrected chi connectivity index (χ2v) is 8.28. The summed E-state index contributed by atoms with van der Waals surface area (Å²) in [7, 11) is 0. The third-order valence-corrected chi connectivity index (χ3v) is 5.82. The maximum Gasteiger partial charge on any atom is 0.320 e. The Hall–Kier alpha value is -3.70. The summed E-state index contributed by atoms with van der Waals surface area (Å²) in [6.07, 6.45) is 1.20. The number of nitrogens with one attached hydrogen (secondary N) is 2. The Morgan fingerprint density at radius 2 is 1.76 bits per heavy atom. The van der Waals surface area contributed by atoms with E-state index in [2.05, 4.69) is 25.5 Å². The van der Waals surface area contributed by atoms with Crippen LogP contribution >= 0.6 is 11.8 Å². The maximum atomic E-state index is 11.5. The molecule has 11 heteroatoms. The molecule has 1 amide bonds. The monoisotopic (exact) mass is 466 g/mol. The third-order valence-electron chi connectivity index (χ3n) is 4.82. The van der Waals surface area contributed by atoms with Crippen LogP contribution in [0.15, 0.2) is 64.6 Å². The fourth-order valence-corrected chi connectivity index (χ4v) is 4.11. The molecule has 1 fully saturated rings. The largest absolute Gasteiger partial charge is 0.378 e. The van der Waals surface area contributed by atoms with Crippen molar-refractivity contribution in [3.05, 3.63) is 64.8 Å². The first-order valence-electron chi connectivity index (χ1n) is 10.2. The van der Waals surface area contributed by atoms with Crippen LogP contribution in [0.3, 0.4) is 0 Å². The van der Waals surface area contributed by atoms with Crippen LogP contribution in [-0.2, 0) is 9.53 Å². The van der Waals surface area contributed by atoms with Crippen molar-refractivity contribution >= 4 is 46.4 Å². The van der Waals surface area contributed by atoms with Crippen molar-refractivity contribution in [3.8, 4) is 0 Å². The van der Waals surface area contributed by atoms with Crippen molar-refractivity contribution in [2.75, 3.05) is 41.8 Å². The van der Waals surface area contributed by atoms with E-state index in [-0.39, 0.29) is 22.6 Å². The average Bonchev–Trinajstić information content (AvgIpc) is 2.81. The van der Waals surface area contributed by atoms with Crippen molar-refractivity contribution in [1.82, 2.24) is 9.97 Å². The zero-order valence-electron chi connectivity index (χ0n) is 17.9. The highest BCUT2D eigenvalue weighted by Crippen LogP contribution is 2.34. The molecule has 0 aliphatic carbocycles. The standard InChI is InChI=1S/C22H22N6O4S/c1-15(29)24-16-4-8-19(9-5-16)33-21-20(28(30)31)14-23-22(26-21)25-17-2-6-18(7-3-17)27-10-12-32-13-11-27/h2-9,14H,10-13H2,1H3,(H,24,29)(H,23,25,26). The highest BCUT2D eigenvalue weighted by molar-refractivity contribution is 7.99. The van der Waals surface area contributed by atoms with E-state index in [1.165, 1.54) is 13.1 Å². The van der Waals surface area contributed by atoms with E-state index in [9.17, 15) is 14.9 Å². The molecule has 0 bridgehead atoms. The Kier molecular flexibility index (Phi) is 7.01. The summed E-state index contributed by atoms with van der Waals surface area (Å²) < 4.78 is 5.39. The fourth-order valence-electron chi connectivity index (χ4n) is 3.25. The molecule has 0 saturated carbocycles. The van der Waals surface area contributed by atoms with Gasteiger partial charge < -0.3 is 20.3 Å². The number of benzene rings is 2. The van der Waals surface area contributed by atoms with Gasteiger partial charge in [-0.2, -0.15) is 4.98 Å². The normalized spacial score (nSPS) is 13.4. The summed E-state index contributed by atoms with van der Waals surface area (Å²) in [6, 6.07) is 14.8. The number of nitrogens with zero attached hydrogens (tertiary/aromatic N) is 4. The number of carbonyl (C=O) groups excluding carboxylic acids is 1. The smallest absolute Gasteiger partial charge is 0.320 e. The minimum absolute atomic E-state index is 0.171. The molecule has 170 valence electrons. The Labute approximate surface area is 194 Å². The number of amides is 1. The van der Waals surface area contributed by atoms with Gasteiger partial charge in [-0.15, -0.1) is 0 Å². The van der Waals surface area contributed by atoms with Crippen molar-refractivity contribution in [2.24, 2.45) is 0 Å². The van der Waals surface area contributed by atoms with Gasteiger partial charge in [0.05, 0.1) is 18.1 Å². The highest BCUT2D eigenvalue weighted by Gasteiger charge is 2.19. The van der Waals surface area contributed by atoms with Gasteiger partial charge in [0, 0.05) is 42.0 Å². The average molecular weight is 467 g/mol. The van der Waals surface area contributed by atoms with E-state index in [1.807, 2.05) is 24.3 Å². The van der Waals surface area contributed by atoms with Crippen LogP contribution in [-0.4, -0.2) is 47.1 Å². The number of nitro groups is 1. The zero-order valence-corrected chi connectivity index (χ0v) is 18.7. The lowest BCUT2D eigenvalue weighted by molar-refractivity contribution is -0.388. The predicted molar refractivity (Wildman–Crippen MR) is 126 cm³/mol. The number of aromatic nitrogens is 2. The minimum Gasteiger partial charge on any atom is -0.378 e. The molecule has 1 aliphatic rings. The molecule has 0 spiro atoms. The van der Waals surface area contributed by atoms with Gasteiger partial charge in [0.15, 0.2) is 5.03 Å². The molecular formula is C22H22N6O4S. The van der Waals surface area contributed by atoms with Gasteiger partial charge in [0.25, 0.3) is 0 Å². The predicted octanol–water partition coefficient (Wildman–Crippen LogP) is 4.07. The van der Waals surface area contributed by atoms with Crippen molar-refractivity contribution in [2.45, 2.75) is 16.8 Å². The number of ether oxygens (including phenoxy) is 1. The summed E-state index contributed by atoms with van der Waals surface area (Å²) in [5.41, 5.74) is 2.34. The lowest BCUT2D eigenvalue weighted by atomic mass is 10.2. The van der Waals surface area contributed by atoms with Crippen LogP contribution in [0.2, 0.25) is 0 Å². The molecule has 2 aromatic carbocycles. The molecule has 2 heterocycles. The molecule has 33 heavy (non-hydrogen) atoms. The summed E-state index contributed by atoms with van der Waals surface area (Å²) in [5.74, 6) is 0.0904. The molecule has 1 aliphatic heterocycles. The SMILES string of the molecule is CC(=O)Nc1ccc(Sc2nc(Nc3ccc(N4CCOCC4)cc3)ncc2[N+](=O)[O-])cc1. The molecule has 3 aromatic rings. The van der Waals surface area contributed by atoms with Crippen molar-refractivity contribution in [3.63, 3.8) is 0 Å². The molecule has 0 radical (unpaired) electrons. The molecular weight excluding hydrogens is 444 g/mol. The number of rotatable bonds is 7. The van der Waals surface area contributed by atoms with Crippen molar-refractivity contribution in [1.29, 1.82) is 0 Å². The fraction of sp³-hybridized carbons (Fsp3) is 0.227. The number of anilines is 4. The topological polar surface area (TPSA) is 123 Å². The minimum atomic E-state index is -0.505. The van der Waals surface area contributed by atoms with Gasteiger partial charge in [-0.1, -0.05) is 11.8 Å². The van der Waals surface area contributed by atoms with Gasteiger partial charge in [0.2, 0.25) is 11.9 Å². The van der Waals surface area contributed by atoms with E-state index in [0.717, 1.165) is 41.1 Å². The van der Waals surface area contributed by atoms with Gasteiger partial charge >= 0.3 is 5.69 Å². The molecule has 0 unspecified atom stereocenters. The van der Waals surface area contributed by atoms with Crippen LogP contribution < -0.4 is 15.5 Å². The van der Waals surface area contributed by atoms with Gasteiger partial charge in [-0.05, 0) is 48.5 Å². The number of hydrogen-bond donors (Lipinski definition) is 2. The molecule has 2 N–H and O–H groups in total. The Morgan fingerprint density at radius 1 is 1.09 bits per heavy atom. The van der Waals surface area contributed by atoms with E-state index in [4.69, 9.17) is 4.74 Å². The molecule has 1 saturated heterocycles. The van der Waals surface area contributed by atoms with Crippen LogP contribution in [0.4, 0.5) is 28.7 Å². The van der Waals surface area contributed by atoms with Crippen LogP contribution in [0.25, 0.3) is 0 Å². The second kappa shape index (κ2) is 10.3. The van der Waals surface area contributed by atoms with E-state index in [1.54, 1.807) is 24.3 Å². The Balaban J connectivity index is 1.50. The summed E-state index contributed by atoms with van der Waals surface area (Å²) in [4.78, 5) is 33.6. The summed E-state index contributed by atoms with van der Waals surface area (Å²) >= 11 is 1.15. The quantitative estimate of drug-likeness (QED) is 0.301. The molecule has 10 nitrogen and oxygen atoms in total. The third kappa shape index (κ3) is 5.96. The van der Waals surface area contributed by atoms with Gasteiger partial charge in [-0.25, -0.2) is 4.98 Å². The highest BCUT2D eigenvalue weighted by atomic mass is 32.2. The summed E-state index contributed by atoms with van der Waals surface area (Å²) in [5, 5.41) is 17.5. The second-order valence-electron chi connectivity index (χ2n) is 7.22. The van der Waals surface area contributed by atoms with Gasteiger partial charge in [-0.3, -0.25) is 14.9 Å². The van der Waals surface area contributed by atoms with Crippen LogP contribution in [0.1, 0.15) is 6.92 Å². The van der Waals surface area contributed by atoms with E-state index >= 15 is 0 Å². The zero-order chi connectivity index (χ0) is 23.2. The number of morpholine rings is 1. The van der Waals surface area contributed by atoms with Crippen LogP contribution in [0, 0.1) is 10.1 Å². The lowest BCUT2D eigenvalue weighted by Crippen LogP contribution is -2.36. The van der Waals surface area contributed by atoms with Crippen LogP contribution in [0.5, 0.6) is 0 Å². The summed E-state index contributed by atoms with van der Waals surface area (Å²) in [6.45, 7) is 4.56. The number of carbonyl (C=O) groups is 1. The lowest BCUT2D eigenvalue weighted by Gasteiger charge is -2.28. The molecule has 4 rings (SSSR count). The molecule has 1 aromatic heterocycles.